The molecule has 0 bridgehead atoms. The molecule has 0 aliphatic heterocycles. The molecule has 0 aliphatic carbocycles. The van der Waals surface area contributed by atoms with Crippen molar-refractivity contribution < 1.29 is 8.95 Å². The third-order valence-electron chi connectivity index (χ3n) is 2.68. The van der Waals surface area contributed by atoms with Gasteiger partial charge in [-0.3, -0.25) is 4.21 Å². The number of aryl methyl sites for hydroxylation is 1. The predicted molar refractivity (Wildman–Crippen MR) is 87.1 cm³/mol. The van der Waals surface area contributed by atoms with Gasteiger partial charge in [-0.05, 0) is 37.3 Å². The van der Waals surface area contributed by atoms with Crippen molar-refractivity contribution >= 4 is 28.6 Å². The molecule has 0 amide bonds. The van der Waals surface area contributed by atoms with Crippen LogP contribution in [0, 0.1) is 6.92 Å². The Morgan fingerprint density at radius 3 is 2.79 bits per heavy atom. The van der Waals surface area contributed by atoms with E-state index in [9.17, 15) is 4.21 Å². The maximum Gasteiger partial charge on any atom is 0.126 e. The fourth-order valence-electron chi connectivity index (χ4n) is 1.60. The molecular formula is C15H22O2S2. The molecule has 106 valence electrons. The van der Waals surface area contributed by atoms with Crippen molar-refractivity contribution in [1.82, 2.24) is 0 Å². The minimum atomic E-state index is -0.956. The van der Waals surface area contributed by atoms with Crippen LogP contribution in [0.2, 0.25) is 0 Å². The number of thioether (sulfide) groups is 1. The maximum absolute atomic E-state index is 11.6. The normalized spacial score (nSPS) is 13.4. The molecule has 19 heavy (non-hydrogen) atoms. The summed E-state index contributed by atoms with van der Waals surface area (Å²) < 4.78 is 18.3. The largest absolute Gasteiger partial charge is 0.493 e. The fraction of sp³-hybridized carbons (Fsp3) is 0.467. The molecule has 1 unspecified atom stereocenters. The standard InChI is InChI=1S/C15H22O2S2/c1-5-6-9-17-14-10-12(2)7-8-13(14)11-15(18-3)19(4)16/h7-8,10-11H,5-6,9H2,1-4H3/b15-11+. The van der Waals surface area contributed by atoms with Crippen LogP contribution in [0.15, 0.2) is 22.4 Å². The van der Waals surface area contributed by atoms with Crippen LogP contribution in [0.3, 0.4) is 0 Å². The van der Waals surface area contributed by atoms with Crippen molar-refractivity contribution in [2.24, 2.45) is 0 Å². The Kier molecular flexibility index (Phi) is 7.24. The van der Waals surface area contributed by atoms with Gasteiger partial charge >= 0.3 is 0 Å². The molecule has 1 aromatic rings. The van der Waals surface area contributed by atoms with Crippen LogP contribution in [0.5, 0.6) is 5.75 Å². The molecule has 0 heterocycles. The molecule has 0 N–H and O–H groups in total. The van der Waals surface area contributed by atoms with Gasteiger partial charge in [-0.1, -0.05) is 25.5 Å². The topological polar surface area (TPSA) is 26.3 Å². The first-order chi connectivity index (χ1) is 9.08. The van der Waals surface area contributed by atoms with Gasteiger partial charge in [0, 0.05) is 11.8 Å². The van der Waals surface area contributed by atoms with Gasteiger partial charge in [-0.15, -0.1) is 11.8 Å². The highest BCUT2D eigenvalue weighted by molar-refractivity contribution is 8.16. The highest BCUT2D eigenvalue weighted by atomic mass is 32.2. The summed E-state index contributed by atoms with van der Waals surface area (Å²) >= 11 is 1.52. The van der Waals surface area contributed by atoms with E-state index in [1.54, 1.807) is 6.26 Å². The molecular weight excluding hydrogens is 276 g/mol. The SMILES string of the molecule is CCCCOc1cc(C)ccc1/C=C(\SC)S(C)=O. The Morgan fingerprint density at radius 2 is 2.21 bits per heavy atom. The van der Waals surface area contributed by atoms with Crippen molar-refractivity contribution in [3.63, 3.8) is 0 Å². The Bertz CT molecular complexity index is 467. The van der Waals surface area contributed by atoms with Gasteiger partial charge in [0.05, 0.1) is 21.6 Å². The van der Waals surface area contributed by atoms with Gasteiger partial charge in [-0.2, -0.15) is 0 Å². The monoisotopic (exact) mass is 298 g/mol. The molecule has 2 nitrogen and oxygen atoms in total. The summed E-state index contributed by atoms with van der Waals surface area (Å²) in [6.07, 6.45) is 7.77. The van der Waals surface area contributed by atoms with Crippen molar-refractivity contribution in [2.45, 2.75) is 26.7 Å². The lowest BCUT2D eigenvalue weighted by atomic mass is 10.1. The fourth-order valence-corrected chi connectivity index (χ4v) is 3.08. The average Bonchev–Trinajstić information content (AvgIpc) is 2.37. The van der Waals surface area contributed by atoms with Gasteiger partial charge in [0.15, 0.2) is 0 Å². The van der Waals surface area contributed by atoms with E-state index >= 15 is 0 Å². The third-order valence-corrected chi connectivity index (χ3v) is 5.09. The molecule has 0 radical (unpaired) electrons. The van der Waals surface area contributed by atoms with E-state index in [4.69, 9.17) is 4.74 Å². The van der Waals surface area contributed by atoms with Gasteiger partial charge in [0.2, 0.25) is 0 Å². The van der Waals surface area contributed by atoms with Crippen LogP contribution >= 0.6 is 11.8 Å². The second-order valence-corrected chi connectivity index (χ2v) is 6.82. The zero-order chi connectivity index (χ0) is 14.3. The highest BCUT2D eigenvalue weighted by Crippen LogP contribution is 2.27. The van der Waals surface area contributed by atoms with Crippen LogP contribution in [-0.2, 0) is 10.8 Å². The summed E-state index contributed by atoms with van der Waals surface area (Å²) in [5.41, 5.74) is 2.17. The molecule has 4 heteroatoms. The Balaban J connectivity index is 3.01. The number of rotatable bonds is 7. The lowest BCUT2D eigenvalue weighted by Crippen LogP contribution is -1.99. The minimum absolute atomic E-state index is 0.727. The van der Waals surface area contributed by atoms with Gasteiger partial charge in [0.25, 0.3) is 0 Å². The zero-order valence-electron chi connectivity index (χ0n) is 12.1. The van der Waals surface area contributed by atoms with Crippen LogP contribution in [-0.4, -0.2) is 23.3 Å². The van der Waals surface area contributed by atoms with Gasteiger partial charge in [0.1, 0.15) is 5.75 Å². The van der Waals surface area contributed by atoms with Crippen molar-refractivity contribution in [3.05, 3.63) is 33.6 Å². The van der Waals surface area contributed by atoms with E-state index in [1.165, 1.54) is 17.3 Å². The van der Waals surface area contributed by atoms with Crippen LogP contribution in [0.1, 0.15) is 30.9 Å². The lowest BCUT2D eigenvalue weighted by molar-refractivity contribution is 0.308. The molecule has 1 aromatic carbocycles. The summed E-state index contributed by atoms with van der Waals surface area (Å²) in [6.45, 7) is 4.92. The summed E-state index contributed by atoms with van der Waals surface area (Å²) in [5.74, 6) is 0.880. The first-order valence-corrected chi connectivity index (χ1v) is 9.19. The minimum Gasteiger partial charge on any atom is -0.493 e. The van der Waals surface area contributed by atoms with E-state index in [0.717, 1.165) is 35.0 Å². The quantitative estimate of drug-likeness (QED) is 0.705. The number of hydrogen-bond donors (Lipinski definition) is 0. The highest BCUT2D eigenvalue weighted by Gasteiger charge is 2.06. The van der Waals surface area contributed by atoms with E-state index in [0.29, 0.717) is 0 Å². The third kappa shape index (κ3) is 5.41. The lowest BCUT2D eigenvalue weighted by Gasteiger charge is -2.10. The summed E-state index contributed by atoms with van der Waals surface area (Å²) in [4.78, 5) is 0. The summed E-state index contributed by atoms with van der Waals surface area (Å²) in [7, 11) is -0.956. The van der Waals surface area contributed by atoms with E-state index in [-0.39, 0.29) is 0 Å². The smallest absolute Gasteiger partial charge is 0.126 e. The molecule has 0 fully saturated rings. The number of ether oxygens (including phenoxy) is 1. The first kappa shape index (κ1) is 16.3. The second kappa shape index (κ2) is 8.43. The van der Waals surface area contributed by atoms with Crippen molar-refractivity contribution in [2.75, 3.05) is 19.1 Å². The summed E-state index contributed by atoms with van der Waals surface area (Å²) in [6, 6.07) is 6.12. The molecule has 1 atom stereocenters. The number of hydrogen-bond acceptors (Lipinski definition) is 3. The number of unbranched alkanes of at least 4 members (excludes halogenated alkanes) is 1. The van der Waals surface area contributed by atoms with E-state index in [2.05, 4.69) is 13.0 Å². The van der Waals surface area contributed by atoms with Gasteiger partial charge in [-0.25, -0.2) is 0 Å². The van der Waals surface area contributed by atoms with Gasteiger partial charge < -0.3 is 4.74 Å². The molecule has 1 rings (SSSR count). The molecule has 0 aromatic heterocycles. The first-order valence-electron chi connectivity index (χ1n) is 6.41. The molecule has 0 aliphatic rings. The Morgan fingerprint density at radius 1 is 1.47 bits per heavy atom. The predicted octanol–water partition coefficient (Wildman–Crippen LogP) is 4.21. The summed E-state index contributed by atoms with van der Waals surface area (Å²) in [5, 5.41) is 0. The van der Waals surface area contributed by atoms with Crippen molar-refractivity contribution in [3.8, 4) is 5.75 Å². The zero-order valence-corrected chi connectivity index (χ0v) is 13.7. The maximum atomic E-state index is 11.6. The second-order valence-electron chi connectivity index (χ2n) is 4.36. The Hall–Kier alpha value is -0.740. The van der Waals surface area contributed by atoms with Crippen LogP contribution < -0.4 is 4.74 Å². The molecule has 0 spiro atoms. The van der Waals surface area contributed by atoms with Crippen LogP contribution in [0.25, 0.3) is 6.08 Å². The Labute approximate surface area is 123 Å². The molecule has 0 saturated carbocycles. The number of benzene rings is 1. The van der Waals surface area contributed by atoms with E-state index < -0.39 is 10.8 Å². The van der Waals surface area contributed by atoms with E-state index in [1.807, 2.05) is 31.4 Å². The van der Waals surface area contributed by atoms with Crippen molar-refractivity contribution in [1.29, 1.82) is 0 Å². The average molecular weight is 298 g/mol. The van der Waals surface area contributed by atoms with Crippen LogP contribution in [0.4, 0.5) is 0 Å². The molecule has 0 saturated heterocycles.